The van der Waals surface area contributed by atoms with E-state index in [9.17, 15) is 4.79 Å². The smallest absolute Gasteiger partial charge is 0.248 e. The standard InChI is InChI=1S/C25H26N4O/c30-25(14-11-21-6-2-1-3-7-21)27-23-12-9-22(10-13-23)20-28-16-18-29(19-17-28)24-8-4-5-15-26-24/h1-15H,16-20H2,(H,27,30)/b14-11-. The maximum absolute atomic E-state index is 12.1. The van der Waals surface area contributed by atoms with E-state index in [1.54, 1.807) is 6.08 Å². The van der Waals surface area contributed by atoms with Crippen LogP contribution >= 0.6 is 0 Å². The number of nitrogens with zero attached hydrogens (tertiary/aromatic N) is 3. The van der Waals surface area contributed by atoms with Gasteiger partial charge in [0.05, 0.1) is 0 Å². The summed E-state index contributed by atoms with van der Waals surface area (Å²) in [5, 5.41) is 2.91. The lowest BCUT2D eigenvalue weighted by Crippen LogP contribution is -2.46. The van der Waals surface area contributed by atoms with Crippen molar-refractivity contribution < 1.29 is 4.79 Å². The van der Waals surface area contributed by atoms with Crippen molar-refractivity contribution >= 4 is 23.5 Å². The van der Waals surface area contributed by atoms with Crippen molar-refractivity contribution in [1.29, 1.82) is 0 Å². The number of carbonyl (C=O) groups excluding carboxylic acids is 1. The lowest BCUT2D eigenvalue weighted by Gasteiger charge is -2.35. The summed E-state index contributed by atoms with van der Waals surface area (Å²) in [5.74, 6) is 0.927. The molecule has 0 unspecified atom stereocenters. The predicted molar refractivity (Wildman–Crippen MR) is 122 cm³/mol. The van der Waals surface area contributed by atoms with E-state index in [0.29, 0.717) is 0 Å². The van der Waals surface area contributed by atoms with Gasteiger partial charge in [0, 0.05) is 50.7 Å². The molecular weight excluding hydrogens is 372 g/mol. The summed E-state index contributed by atoms with van der Waals surface area (Å²) >= 11 is 0. The number of hydrogen-bond donors (Lipinski definition) is 1. The maximum Gasteiger partial charge on any atom is 0.248 e. The molecule has 2 aromatic carbocycles. The van der Waals surface area contributed by atoms with Crippen LogP contribution in [-0.4, -0.2) is 42.0 Å². The van der Waals surface area contributed by atoms with Gasteiger partial charge in [-0.25, -0.2) is 4.98 Å². The minimum atomic E-state index is -0.128. The fraction of sp³-hybridized carbons (Fsp3) is 0.200. The molecule has 1 aromatic heterocycles. The van der Waals surface area contributed by atoms with Crippen molar-refractivity contribution in [2.45, 2.75) is 6.54 Å². The number of aromatic nitrogens is 1. The number of pyridine rings is 1. The third-order valence-corrected chi connectivity index (χ3v) is 5.20. The number of benzene rings is 2. The Morgan fingerprint density at radius 2 is 1.63 bits per heavy atom. The fourth-order valence-electron chi connectivity index (χ4n) is 3.55. The molecule has 0 atom stereocenters. The number of piperazine rings is 1. The zero-order valence-electron chi connectivity index (χ0n) is 16.9. The predicted octanol–water partition coefficient (Wildman–Crippen LogP) is 4.06. The van der Waals surface area contributed by atoms with Crippen molar-refractivity contribution in [1.82, 2.24) is 9.88 Å². The van der Waals surface area contributed by atoms with Crippen LogP contribution in [0, 0.1) is 0 Å². The normalized spacial score (nSPS) is 14.7. The summed E-state index contributed by atoms with van der Waals surface area (Å²) < 4.78 is 0. The monoisotopic (exact) mass is 398 g/mol. The van der Waals surface area contributed by atoms with Crippen molar-refractivity contribution in [2.24, 2.45) is 0 Å². The first kappa shape index (κ1) is 19.9. The summed E-state index contributed by atoms with van der Waals surface area (Å²) in [7, 11) is 0. The number of hydrogen-bond acceptors (Lipinski definition) is 4. The molecule has 1 aliphatic heterocycles. The second-order valence-corrected chi connectivity index (χ2v) is 7.38. The van der Waals surface area contributed by atoms with Gasteiger partial charge in [0.2, 0.25) is 5.91 Å². The van der Waals surface area contributed by atoms with Crippen molar-refractivity contribution in [2.75, 3.05) is 36.4 Å². The first-order valence-corrected chi connectivity index (χ1v) is 10.3. The molecule has 0 bridgehead atoms. The Balaban J connectivity index is 1.25. The van der Waals surface area contributed by atoms with E-state index in [2.05, 4.69) is 38.3 Å². The minimum Gasteiger partial charge on any atom is -0.354 e. The summed E-state index contributed by atoms with van der Waals surface area (Å²) in [4.78, 5) is 21.3. The maximum atomic E-state index is 12.1. The number of nitrogens with one attached hydrogen (secondary N) is 1. The second-order valence-electron chi connectivity index (χ2n) is 7.38. The van der Waals surface area contributed by atoms with E-state index in [0.717, 1.165) is 49.8 Å². The molecule has 5 nitrogen and oxygen atoms in total. The first-order valence-electron chi connectivity index (χ1n) is 10.3. The minimum absolute atomic E-state index is 0.128. The van der Waals surface area contributed by atoms with Gasteiger partial charge in [0.25, 0.3) is 0 Å². The summed E-state index contributed by atoms with van der Waals surface area (Å²) in [6.45, 7) is 4.91. The lowest BCUT2D eigenvalue weighted by molar-refractivity contribution is -0.111. The van der Waals surface area contributed by atoms with Crippen LogP contribution in [-0.2, 0) is 11.3 Å². The Hall–Kier alpha value is -3.44. The van der Waals surface area contributed by atoms with Gasteiger partial charge in [0.1, 0.15) is 5.82 Å². The van der Waals surface area contributed by atoms with Gasteiger partial charge in [-0.3, -0.25) is 9.69 Å². The molecule has 0 aliphatic carbocycles. The summed E-state index contributed by atoms with van der Waals surface area (Å²) in [6.07, 6.45) is 5.22. The van der Waals surface area contributed by atoms with Crippen molar-refractivity contribution in [3.05, 3.63) is 96.2 Å². The number of anilines is 2. The largest absolute Gasteiger partial charge is 0.354 e. The molecule has 1 aliphatic rings. The Morgan fingerprint density at radius 1 is 0.900 bits per heavy atom. The van der Waals surface area contributed by atoms with E-state index >= 15 is 0 Å². The molecular formula is C25H26N4O. The number of carbonyl (C=O) groups is 1. The highest BCUT2D eigenvalue weighted by Crippen LogP contribution is 2.16. The molecule has 152 valence electrons. The van der Waals surface area contributed by atoms with Crippen LogP contribution < -0.4 is 10.2 Å². The Kier molecular flexibility index (Phi) is 6.52. The van der Waals surface area contributed by atoms with Gasteiger partial charge >= 0.3 is 0 Å². The molecule has 1 amide bonds. The lowest BCUT2D eigenvalue weighted by atomic mass is 10.1. The topological polar surface area (TPSA) is 48.5 Å². The van der Waals surface area contributed by atoms with Crippen LogP contribution in [0.5, 0.6) is 0 Å². The third kappa shape index (κ3) is 5.55. The molecule has 1 fully saturated rings. The van der Waals surface area contributed by atoms with E-state index in [4.69, 9.17) is 0 Å². The Morgan fingerprint density at radius 3 is 2.33 bits per heavy atom. The average molecular weight is 399 g/mol. The number of rotatable bonds is 6. The highest BCUT2D eigenvalue weighted by Gasteiger charge is 2.17. The molecule has 1 saturated heterocycles. The van der Waals surface area contributed by atoms with E-state index < -0.39 is 0 Å². The van der Waals surface area contributed by atoms with E-state index in [-0.39, 0.29) is 5.91 Å². The fourth-order valence-corrected chi connectivity index (χ4v) is 3.55. The molecule has 30 heavy (non-hydrogen) atoms. The van der Waals surface area contributed by atoms with Crippen LogP contribution in [0.4, 0.5) is 11.5 Å². The third-order valence-electron chi connectivity index (χ3n) is 5.20. The zero-order valence-corrected chi connectivity index (χ0v) is 16.9. The Bertz CT molecular complexity index is 963. The van der Waals surface area contributed by atoms with Crippen LogP contribution in [0.2, 0.25) is 0 Å². The number of amides is 1. The SMILES string of the molecule is O=C(/C=C\c1ccccc1)Nc1ccc(CN2CCN(c3ccccn3)CC2)cc1. The van der Waals surface area contributed by atoms with Crippen LogP contribution in [0.25, 0.3) is 6.08 Å². The van der Waals surface area contributed by atoms with Crippen molar-refractivity contribution in [3.8, 4) is 0 Å². The van der Waals surface area contributed by atoms with Gasteiger partial charge < -0.3 is 10.2 Å². The quantitative estimate of drug-likeness (QED) is 0.637. The average Bonchev–Trinajstić information content (AvgIpc) is 2.81. The van der Waals surface area contributed by atoms with Gasteiger partial charge in [-0.15, -0.1) is 0 Å². The molecule has 2 heterocycles. The molecule has 4 rings (SSSR count). The van der Waals surface area contributed by atoms with Gasteiger partial charge in [0.15, 0.2) is 0 Å². The van der Waals surface area contributed by atoms with E-state index in [1.807, 2.05) is 66.9 Å². The van der Waals surface area contributed by atoms with Crippen LogP contribution in [0.3, 0.4) is 0 Å². The zero-order chi connectivity index (χ0) is 20.6. The van der Waals surface area contributed by atoms with E-state index in [1.165, 1.54) is 5.56 Å². The summed E-state index contributed by atoms with van der Waals surface area (Å²) in [6, 6.07) is 24.0. The van der Waals surface area contributed by atoms with Gasteiger partial charge in [-0.05, 0) is 41.5 Å². The van der Waals surface area contributed by atoms with Crippen molar-refractivity contribution in [3.63, 3.8) is 0 Å². The first-order chi connectivity index (χ1) is 14.8. The second kappa shape index (κ2) is 9.85. The van der Waals surface area contributed by atoms with Crippen LogP contribution in [0.15, 0.2) is 85.1 Å². The van der Waals surface area contributed by atoms with Gasteiger partial charge in [-0.2, -0.15) is 0 Å². The molecule has 0 radical (unpaired) electrons. The molecule has 1 N–H and O–H groups in total. The van der Waals surface area contributed by atoms with Gasteiger partial charge in [-0.1, -0.05) is 48.5 Å². The molecule has 5 heteroatoms. The Labute approximate surface area is 177 Å². The van der Waals surface area contributed by atoms with Crippen LogP contribution in [0.1, 0.15) is 11.1 Å². The molecule has 3 aromatic rings. The molecule has 0 spiro atoms. The summed E-state index contributed by atoms with van der Waals surface area (Å²) in [5.41, 5.74) is 3.06. The highest BCUT2D eigenvalue weighted by molar-refractivity contribution is 6.01. The highest BCUT2D eigenvalue weighted by atomic mass is 16.1. The molecule has 0 saturated carbocycles.